The fourth-order valence-electron chi connectivity index (χ4n) is 4.37. The third-order valence-corrected chi connectivity index (χ3v) is 6.09. The quantitative estimate of drug-likeness (QED) is 0.446. The van der Waals surface area contributed by atoms with Crippen molar-refractivity contribution in [3.05, 3.63) is 77.1 Å². The number of aromatic nitrogens is 2. The van der Waals surface area contributed by atoms with E-state index < -0.39 is 0 Å². The summed E-state index contributed by atoms with van der Waals surface area (Å²) in [5.41, 5.74) is 6.99. The van der Waals surface area contributed by atoms with Gasteiger partial charge in [0.15, 0.2) is 5.96 Å². The molecule has 1 aliphatic rings. The SMILES string of the molecule is CN=C(NCc1ccccc1-n1nc(C)cc1C)NC(C)c1cccc(N2CCCC2)c1. The molecule has 3 aromatic rings. The fourth-order valence-corrected chi connectivity index (χ4v) is 4.37. The van der Waals surface area contributed by atoms with Crippen molar-refractivity contribution in [2.24, 2.45) is 4.99 Å². The third kappa shape index (κ3) is 4.96. The number of aryl methyl sites for hydroxylation is 2. The molecule has 6 nitrogen and oxygen atoms in total. The Balaban J connectivity index is 1.43. The molecule has 0 spiro atoms. The Hall–Kier alpha value is -3.28. The fraction of sp³-hybridized carbons (Fsp3) is 0.385. The number of nitrogens with one attached hydrogen (secondary N) is 2. The van der Waals surface area contributed by atoms with Crippen molar-refractivity contribution < 1.29 is 0 Å². The molecule has 1 fully saturated rings. The van der Waals surface area contributed by atoms with Gasteiger partial charge in [0.05, 0.1) is 17.4 Å². The van der Waals surface area contributed by atoms with Gasteiger partial charge >= 0.3 is 0 Å². The summed E-state index contributed by atoms with van der Waals surface area (Å²) in [7, 11) is 1.82. The Morgan fingerprint density at radius 2 is 1.84 bits per heavy atom. The summed E-state index contributed by atoms with van der Waals surface area (Å²) >= 11 is 0. The lowest BCUT2D eigenvalue weighted by molar-refractivity contribution is 0.683. The number of aliphatic imine (C=N–C) groups is 1. The molecule has 1 aliphatic heterocycles. The molecule has 1 atom stereocenters. The van der Waals surface area contributed by atoms with Gasteiger partial charge < -0.3 is 15.5 Å². The lowest BCUT2D eigenvalue weighted by Crippen LogP contribution is -2.38. The molecule has 1 unspecified atom stereocenters. The number of para-hydroxylation sites is 1. The van der Waals surface area contributed by atoms with Crippen LogP contribution >= 0.6 is 0 Å². The Bertz CT molecular complexity index is 1080. The van der Waals surface area contributed by atoms with Crippen LogP contribution in [0.3, 0.4) is 0 Å². The van der Waals surface area contributed by atoms with Crippen LogP contribution in [0.15, 0.2) is 59.6 Å². The summed E-state index contributed by atoms with van der Waals surface area (Å²) < 4.78 is 2.01. The van der Waals surface area contributed by atoms with Gasteiger partial charge in [0.2, 0.25) is 0 Å². The van der Waals surface area contributed by atoms with E-state index in [9.17, 15) is 0 Å². The van der Waals surface area contributed by atoms with E-state index in [0.717, 1.165) is 36.1 Å². The van der Waals surface area contributed by atoms with Crippen LogP contribution in [0.2, 0.25) is 0 Å². The molecular formula is C26H34N6. The first-order valence-electron chi connectivity index (χ1n) is 11.5. The maximum atomic E-state index is 4.66. The van der Waals surface area contributed by atoms with Gasteiger partial charge in [-0.15, -0.1) is 0 Å². The first-order chi connectivity index (χ1) is 15.5. The first-order valence-corrected chi connectivity index (χ1v) is 11.5. The van der Waals surface area contributed by atoms with Gasteiger partial charge in [-0.1, -0.05) is 30.3 Å². The lowest BCUT2D eigenvalue weighted by atomic mass is 10.1. The Morgan fingerprint density at radius 1 is 1.06 bits per heavy atom. The summed E-state index contributed by atoms with van der Waals surface area (Å²) in [4.78, 5) is 6.93. The van der Waals surface area contributed by atoms with E-state index in [1.165, 1.54) is 29.7 Å². The molecule has 1 saturated heterocycles. The smallest absolute Gasteiger partial charge is 0.191 e. The highest BCUT2D eigenvalue weighted by molar-refractivity contribution is 5.80. The lowest BCUT2D eigenvalue weighted by Gasteiger charge is -2.22. The average Bonchev–Trinajstić information content (AvgIpc) is 3.46. The van der Waals surface area contributed by atoms with Crippen molar-refractivity contribution in [1.29, 1.82) is 0 Å². The van der Waals surface area contributed by atoms with Gasteiger partial charge in [0, 0.05) is 38.1 Å². The molecule has 2 aromatic carbocycles. The van der Waals surface area contributed by atoms with E-state index in [2.05, 4.69) is 94.1 Å². The molecule has 0 amide bonds. The van der Waals surface area contributed by atoms with Crippen molar-refractivity contribution in [2.75, 3.05) is 25.0 Å². The minimum atomic E-state index is 0.148. The van der Waals surface area contributed by atoms with Crippen LogP contribution in [0.4, 0.5) is 5.69 Å². The van der Waals surface area contributed by atoms with Crippen molar-refractivity contribution in [1.82, 2.24) is 20.4 Å². The van der Waals surface area contributed by atoms with Crippen LogP contribution in [-0.2, 0) is 6.54 Å². The summed E-state index contributed by atoms with van der Waals surface area (Å²) in [5.74, 6) is 0.784. The third-order valence-electron chi connectivity index (χ3n) is 6.09. The van der Waals surface area contributed by atoms with Gasteiger partial charge in [-0.3, -0.25) is 4.99 Å². The van der Waals surface area contributed by atoms with Crippen molar-refractivity contribution in [2.45, 2.75) is 46.2 Å². The molecule has 6 heteroatoms. The summed E-state index contributed by atoms with van der Waals surface area (Å²) in [5, 5.41) is 11.7. The highest BCUT2D eigenvalue weighted by atomic mass is 15.3. The molecule has 0 aliphatic carbocycles. The zero-order valence-electron chi connectivity index (χ0n) is 19.6. The number of guanidine groups is 1. The minimum Gasteiger partial charge on any atom is -0.372 e. The molecule has 4 rings (SSSR count). The molecule has 1 aromatic heterocycles. The Morgan fingerprint density at radius 3 is 2.56 bits per heavy atom. The summed E-state index contributed by atoms with van der Waals surface area (Å²) in [6.45, 7) is 9.26. The summed E-state index contributed by atoms with van der Waals surface area (Å²) in [6, 6.07) is 19.5. The highest BCUT2D eigenvalue weighted by Gasteiger charge is 2.15. The number of rotatable bonds is 6. The minimum absolute atomic E-state index is 0.148. The number of hydrogen-bond acceptors (Lipinski definition) is 3. The number of nitrogens with zero attached hydrogens (tertiary/aromatic N) is 4. The predicted octanol–water partition coefficient (Wildman–Crippen LogP) is 4.52. The molecule has 168 valence electrons. The summed E-state index contributed by atoms with van der Waals surface area (Å²) in [6.07, 6.45) is 2.57. The van der Waals surface area contributed by atoms with Gasteiger partial charge in [-0.25, -0.2) is 4.68 Å². The van der Waals surface area contributed by atoms with Gasteiger partial charge in [-0.05, 0) is 69.0 Å². The monoisotopic (exact) mass is 430 g/mol. The van der Waals surface area contributed by atoms with Crippen LogP contribution in [0.25, 0.3) is 5.69 Å². The first kappa shape index (κ1) is 21.9. The predicted molar refractivity (Wildman–Crippen MR) is 133 cm³/mol. The zero-order chi connectivity index (χ0) is 22.5. The van der Waals surface area contributed by atoms with E-state index in [1.807, 2.05) is 18.7 Å². The van der Waals surface area contributed by atoms with E-state index >= 15 is 0 Å². The zero-order valence-corrected chi connectivity index (χ0v) is 19.6. The van der Waals surface area contributed by atoms with E-state index in [-0.39, 0.29) is 6.04 Å². The van der Waals surface area contributed by atoms with Crippen molar-refractivity contribution in [3.63, 3.8) is 0 Å². The van der Waals surface area contributed by atoms with Crippen LogP contribution < -0.4 is 15.5 Å². The molecule has 0 radical (unpaired) electrons. The number of benzene rings is 2. The van der Waals surface area contributed by atoms with Crippen LogP contribution in [0.1, 0.15) is 48.3 Å². The van der Waals surface area contributed by atoms with Crippen LogP contribution in [-0.4, -0.2) is 35.9 Å². The molecule has 2 heterocycles. The molecular weight excluding hydrogens is 396 g/mol. The highest BCUT2D eigenvalue weighted by Crippen LogP contribution is 2.24. The topological polar surface area (TPSA) is 57.5 Å². The second-order valence-electron chi connectivity index (χ2n) is 8.55. The average molecular weight is 431 g/mol. The maximum absolute atomic E-state index is 4.66. The van der Waals surface area contributed by atoms with Crippen LogP contribution in [0.5, 0.6) is 0 Å². The van der Waals surface area contributed by atoms with Gasteiger partial charge in [0.25, 0.3) is 0 Å². The molecule has 0 saturated carbocycles. The number of hydrogen-bond donors (Lipinski definition) is 2. The standard InChI is InChI=1S/C26H34N6/c1-19-16-20(2)32(30-19)25-13-6-5-10-23(25)18-28-26(27-4)29-21(3)22-11-9-12-24(17-22)31-14-7-8-15-31/h5-6,9-13,16-17,21H,7-8,14-15,18H2,1-4H3,(H2,27,28,29). The Kier molecular flexibility index (Phi) is 6.78. The molecule has 32 heavy (non-hydrogen) atoms. The van der Waals surface area contributed by atoms with Crippen molar-refractivity contribution in [3.8, 4) is 5.69 Å². The Labute approximate surface area is 191 Å². The van der Waals surface area contributed by atoms with E-state index in [0.29, 0.717) is 6.54 Å². The van der Waals surface area contributed by atoms with Crippen molar-refractivity contribution >= 4 is 11.6 Å². The molecule has 0 bridgehead atoms. The van der Waals surface area contributed by atoms with E-state index in [1.54, 1.807) is 0 Å². The molecule has 2 N–H and O–H groups in total. The largest absolute Gasteiger partial charge is 0.372 e. The van der Waals surface area contributed by atoms with Crippen LogP contribution in [0, 0.1) is 13.8 Å². The van der Waals surface area contributed by atoms with Gasteiger partial charge in [0.1, 0.15) is 0 Å². The maximum Gasteiger partial charge on any atom is 0.191 e. The van der Waals surface area contributed by atoms with Gasteiger partial charge in [-0.2, -0.15) is 5.10 Å². The second-order valence-corrected chi connectivity index (χ2v) is 8.55. The second kappa shape index (κ2) is 9.90. The van der Waals surface area contributed by atoms with E-state index in [4.69, 9.17) is 0 Å². The normalized spacial score (nSPS) is 15.1. The number of anilines is 1.